The summed E-state index contributed by atoms with van der Waals surface area (Å²) in [5, 5.41) is 8.53. The minimum atomic E-state index is -5.04. The highest BCUT2D eigenvalue weighted by atomic mass is 35.5. The van der Waals surface area contributed by atoms with E-state index in [1.165, 1.54) is 57.5 Å². The minimum Gasteiger partial charge on any atom is -0.497 e. The molecule has 0 aliphatic rings. The lowest BCUT2D eigenvalue weighted by molar-refractivity contribution is -0.165. The van der Waals surface area contributed by atoms with Crippen molar-refractivity contribution in [2.75, 3.05) is 32.6 Å². The van der Waals surface area contributed by atoms with E-state index < -0.39 is 72.1 Å². The molecule has 53 heavy (non-hydrogen) atoms. The Morgan fingerprint density at radius 1 is 0.887 bits per heavy atom. The van der Waals surface area contributed by atoms with Gasteiger partial charge < -0.3 is 30.9 Å². The summed E-state index contributed by atoms with van der Waals surface area (Å²) < 4.78 is 72.7. The topological polar surface area (TPSA) is 159 Å². The maximum atomic E-state index is 14.9. The summed E-state index contributed by atoms with van der Waals surface area (Å²) in [7, 11) is 4.92. The number of amides is 4. The number of ketones is 1. The Labute approximate surface area is 306 Å². The molecule has 1 aromatic heterocycles. The molecule has 0 saturated heterocycles. The van der Waals surface area contributed by atoms with Gasteiger partial charge in [-0.1, -0.05) is 49.7 Å². The molecule has 0 radical (unpaired) electrons. The van der Waals surface area contributed by atoms with E-state index in [1.807, 2.05) is 0 Å². The summed E-state index contributed by atoms with van der Waals surface area (Å²) in [4.78, 5) is 72.0. The van der Waals surface area contributed by atoms with Crippen LogP contribution in [0, 0.1) is 5.92 Å². The van der Waals surface area contributed by atoms with E-state index in [9.17, 15) is 45.9 Å². The van der Waals surface area contributed by atoms with Crippen LogP contribution in [0.15, 0.2) is 66.9 Å². The highest BCUT2D eigenvalue weighted by molar-refractivity contribution is 6.30. The SMILES string of the molecule is COc1ccc([C@H](NC(=O)[C@H](Cc2cccc(Cl)c2)NC(=O)c2ccc(N(C)C)cn2)C(=O)N[C@H](C(=O)C(F)(F)C(=O)NCC(F)(F)F)C(C)C)cc1. The molecular formula is C35H38ClF5N6O6. The fourth-order valence-corrected chi connectivity index (χ4v) is 5.05. The van der Waals surface area contributed by atoms with E-state index >= 15 is 0 Å². The first kappa shape index (κ1) is 42.1. The monoisotopic (exact) mass is 768 g/mol. The first-order valence-electron chi connectivity index (χ1n) is 15.9. The number of hydrogen-bond acceptors (Lipinski definition) is 8. The Balaban J connectivity index is 1.97. The van der Waals surface area contributed by atoms with Gasteiger partial charge in [-0.2, -0.15) is 22.0 Å². The normalized spacial score (nSPS) is 13.3. The summed E-state index contributed by atoms with van der Waals surface area (Å²) in [6, 6.07) is 9.88. The van der Waals surface area contributed by atoms with Crippen molar-refractivity contribution >= 4 is 46.7 Å². The summed E-state index contributed by atoms with van der Waals surface area (Å²) in [5.41, 5.74) is 1.24. The number of carbonyl (C=O) groups excluding carboxylic acids is 5. The molecule has 3 rings (SSSR count). The summed E-state index contributed by atoms with van der Waals surface area (Å²) in [6.45, 7) is 0.385. The zero-order chi connectivity index (χ0) is 39.7. The Morgan fingerprint density at radius 2 is 1.55 bits per heavy atom. The number of nitrogens with one attached hydrogen (secondary N) is 4. The zero-order valence-electron chi connectivity index (χ0n) is 29.2. The van der Waals surface area contributed by atoms with Gasteiger partial charge in [0.2, 0.25) is 17.6 Å². The number of halogens is 6. The van der Waals surface area contributed by atoms with Crippen LogP contribution in [-0.2, 0) is 25.6 Å². The molecule has 0 saturated carbocycles. The van der Waals surface area contributed by atoms with Crippen molar-refractivity contribution in [1.29, 1.82) is 0 Å². The van der Waals surface area contributed by atoms with Gasteiger partial charge in [0.1, 0.15) is 30.1 Å². The smallest absolute Gasteiger partial charge is 0.405 e. The van der Waals surface area contributed by atoms with Crippen molar-refractivity contribution in [2.45, 2.75) is 50.5 Å². The molecule has 2 aromatic carbocycles. The van der Waals surface area contributed by atoms with Crippen LogP contribution in [0.2, 0.25) is 5.02 Å². The third-order valence-electron chi connectivity index (χ3n) is 7.74. The van der Waals surface area contributed by atoms with E-state index in [0.29, 0.717) is 22.0 Å². The molecule has 3 aromatic rings. The number of ether oxygens (including phenoxy) is 1. The lowest BCUT2D eigenvalue weighted by Crippen LogP contribution is -2.58. The van der Waals surface area contributed by atoms with Crippen LogP contribution < -0.4 is 30.9 Å². The number of alkyl halides is 5. The predicted molar refractivity (Wildman–Crippen MR) is 185 cm³/mol. The van der Waals surface area contributed by atoms with Gasteiger partial charge in [-0.25, -0.2) is 4.98 Å². The maximum Gasteiger partial charge on any atom is 0.405 e. The molecule has 3 atom stereocenters. The number of benzene rings is 2. The van der Waals surface area contributed by atoms with Gasteiger partial charge in [-0.15, -0.1) is 0 Å². The first-order valence-corrected chi connectivity index (χ1v) is 16.3. The van der Waals surface area contributed by atoms with Crippen LogP contribution >= 0.6 is 11.6 Å². The van der Waals surface area contributed by atoms with E-state index in [-0.39, 0.29) is 17.7 Å². The van der Waals surface area contributed by atoms with Gasteiger partial charge in [-0.3, -0.25) is 24.0 Å². The first-order chi connectivity index (χ1) is 24.7. The molecule has 286 valence electrons. The zero-order valence-corrected chi connectivity index (χ0v) is 29.9. The molecule has 4 amide bonds. The van der Waals surface area contributed by atoms with Crippen molar-refractivity contribution in [3.05, 3.63) is 88.7 Å². The number of methoxy groups -OCH3 is 1. The van der Waals surface area contributed by atoms with Crippen molar-refractivity contribution in [1.82, 2.24) is 26.3 Å². The highest BCUT2D eigenvalue weighted by Crippen LogP contribution is 2.24. The average Bonchev–Trinajstić information content (AvgIpc) is 3.10. The molecule has 18 heteroatoms. The second-order valence-electron chi connectivity index (χ2n) is 12.3. The van der Waals surface area contributed by atoms with Crippen LogP contribution in [0.5, 0.6) is 5.75 Å². The van der Waals surface area contributed by atoms with Gasteiger partial charge in [0, 0.05) is 25.5 Å². The third kappa shape index (κ3) is 11.8. The summed E-state index contributed by atoms with van der Waals surface area (Å²) in [5.74, 6) is -13.3. The Morgan fingerprint density at radius 3 is 2.08 bits per heavy atom. The van der Waals surface area contributed by atoms with E-state index in [2.05, 4.69) is 20.9 Å². The number of rotatable bonds is 16. The van der Waals surface area contributed by atoms with E-state index in [4.69, 9.17) is 16.3 Å². The molecule has 0 spiro atoms. The van der Waals surface area contributed by atoms with Crippen LogP contribution in [0.4, 0.5) is 27.6 Å². The number of pyridine rings is 1. The third-order valence-corrected chi connectivity index (χ3v) is 7.97. The van der Waals surface area contributed by atoms with Crippen LogP contribution in [0.3, 0.4) is 0 Å². The summed E-state index contributed by atoms with van der Waals surface area (Å²) >= 11 is 6.15. The number of hydrogen-bond donors (Lipinski definition) is 4. The van der Waals surface area contributed by atoms with Crippen LogP contribution in [0.25, 0.3) is 0 Å². The second kappa shape index (κ2) is 17.9. The van der Waals surface area contributed by atoms with Gasteiger partial charge in [0.25, 0.3) is 11.8 Å². The van der Waals surface area contributed by atoms with Crippen molar-refractivity contribution < 1.29 is 50.7 Å². The summed E-state index contributed by atoms with van der Waals surface area (Å²) in [6.07, 6.45) is -3.74. The number of aromatic nitrogens is 1. The number of carbonyl (C=O) groups is 5. The second-order valence-corrected chi connectivity index (χ2v) is 12.8. The van der Waals surface area contributed by atoms with Crippen LogP contribution in [-0.4, -0.2) is 86.3 Å². The highest BCUT2D eigenvalue weighted by Gasteiger charge is 2.52. The molecule has 0 unspecified atom stereocenters. The molecule has 4 N–H and O–H groups in total. The molecule has 0 bridgehead atoms. The quantitative estimate of drug-likeness (QED) is 0.126. The fraction of sp³-hybridized carbons (Fsp3) is 0.371. The molecule has 1 heterocycles. The molecule has 0 fully saturated rings. The van der Waals surface area contributed by atoms with E-state index in [0.717, 1.165) is 5.32 Å². The van der Waals surface area contributed by atoms with Crippen molar-refractivity contribution in [3.63, 3.8) is 0 Å². The lowest BCUT2D eigenvalue weighted by atomic mass is 9.94. The average molecular weight is 769 g/mol. The maximum absolute atomic E-state index is 14.9. The van der Waals surface area contributed by atoms with Gasteiger partial charge in [0.15, 0.2) is 0 Å². The molecule has 0 aliphatic carbocycles. The van der Waals surface area contributed by atoms with Crippen molar-refractivity contribution in [2.24, 2.45) is 5.92 Å². The van der Waals surface area contributed by atoms with Gasteiger partial charge >= 0.3 is 12.1 Å². The van der Waals surface area contributed by atoms with E-state index in [1.54, 1.807) is 49.3 Å². The number of nitrogens with zero attached hydrogens (tertiary/aromatic N) is 2. The predicted octanol–water partition coefficient (Wildman–Crippen LogP) is 4.03. The fourth-order valence-electron chi connectivity index (χ4n) is 4.84. The number of anilines is 1. The largest absolute Gasteiger partial charge is 0.497 e. The van der Waals surface area contributed by atoms with Gasteiger partial charge in [0.05, 0.1) is 25.0 Å². The number of Topliss-reactive ketones (excluding diaryl/α,β-unsaturated/α-hetero) is 1. The van der Waals surface area contributed by atoms with Crippen molar-refractivity contribution in [3.8, 4) is 5.75 Å². The minimum absolute atomic E-state index is 0.0394. The Hall–Kier alpha value is -5.32. The molecule has 0 aliphatic heterocycles. The Kier molecular flexibility index (Phi) is 14.3. The van der Waals surface area contributed by atoms with Gasteiger partial charge in [-0.05, 0) is 53.4 Å². The molecule has 12 nitrogen and oxygen atoms in total. The lowest BCUT2D eigenvalue weighted by Gasteiger charge is -2.28. The molecular weight excluding hydrogens is 731 g/mol. The van der Waals surface area contributed by atoms with Crippen LogP contribution in [0.1, 0.15) is 41.5 Å². The Bertz CT molecular complexity index is 1770. The standard InChI is InChI=1S/C35H38ClF5N6O6/c1-19(2)27(29(48)35(40,41)33(52)43-18-34(37,38)39)45-32(51)28(21-9-12-24(53-5)13-10-21)46-31(50)26(16-20-7-6-8-22(36)15-20)44-30(49)25-14-11-23(17-42-25)47(3)4/h6-15,17,19,26-28H,16,18H2,1-5H3,(H,43,52)(H,44,49)(H,45,51)(H,46,50)/t26-,27-,28-/m0/s1.